The Kier molecular flexibility index (Phi) is 3.67. The van der Waals surface area contributed by atoms with Crippen molar-refractivity contribution in [3.8, 4) is 0 Å². The van der Waals surface area contributed by atoms with Crippen molar-refractivity contribution in [2.75, 3.05) is 0 Å². The maximum atomic E-state index is 12.2. The molecule has 1 nitrogen and oxygen atoms in total. The van der Waals surface area contributed by atoms with E-state index >= 15 is 0 Å². The smallest absolute Gasteiger partial charge is 0.385 e. The van der Waals surface area contributed by atoms with Gasteiger partial charge in [0.2, 0.25) is 0 Å². The zero-order valence-electron chi connectivity index (χ0n) is 9.23. The third-order valence-corrected chi connectivity index (χ3v) is 2.38. The molecule has 1 unspecified atom stereocenters. The van der Waals surface area contributed by atoms with E-state index in [9.17, 15) is 31.4 Å². The molecule has 1 aromatic carbocycles. The minimum atomic E-state index is -4.60. The lowest BCUT2D eigenvalue weighted by atomic mass is 9.91. The Morgan fingerprint density at radius 2 is 1.28 bits per heavy atom. The summed E-state index contributed by atoms with van der Waals surface area (Å²) in [6, 6.07) is 2.96. The first-order chi connectivity index (χ1) is 7.92. The van der Waals surface area contributed by atoms with Crippen LogP contribution in [0.2, 0.25) is 0 Å². The number of rotatable bonds is 2. The fourth-order valence-electron chi connectivity index (χ4n) is 1.51. The minimum absolute atomic E-state index is 0.215. The molecule has 0 heterocycles. The van der Waals surface area contributed by atoms with Crippen LogP contribution in [0.1, 0.15) is 24.5 Å². The summed E-state index contributed by atoms with van der Waals surface area (Å²) in [5.74, 6) is 0. The van der Waals surface area contributed by atoms with Crippen LogP contribution in [0.25, 0.3) is 0 Å². The molecule has 0 saturated heterocycles. The van der Waals surface area contributed by atoms with Crippen LogP contribution in [-0.2, 0) is 11.8 Å². The Hall–Kier alpha value is -1.24. The lowest BCUT2D eigenvalue weighted by Crippen LogP contribution is -2.29. The Labute approximate surface area is 99.0 Å². The van der Waals surface area contributed by atoms with Gasteiger partial charge in [0.25, 0.3) is 0 Å². The summed E-state index contributed by atoms with van der Waals surface area (Å²) in [7, 11) is 0. The average Bonchev–Trinajstić information content (AvgIpc) is 2.13. The number of hydrogen-bond acceptors (Lipinski definition) is 1. The average molecular weight is 272 g/mol. The molecular formula is C11H10F6O. The van der Waals surface area contributed by atoms with E-state index in [1.165, 1.54) is 0 Å². The van der Waals surface area contributed by atoms with Gasteiger partial charge in [0.1, 0.15) is 0 Å². The molecule has 0 spiro atoms. The molecule has 0 fully saturated rings. The van der Waals surface area contributed by atoms with Gasteiger partial charge in [-0.3, -0.25) is 0 Å². The summed E-state index contributed by atoms with van der Waals surface area (Å²) in [5.41, 5.74) is -3.44. The first kappa shape index (κ1) is 14.8. The zero-order valence-corrected chi connectivity index (χ0v) is 9.23. The molecule has 0 saturated carbocycles. The molecule has 7 heteroatoms. The Balaban J connectivity index is 2.98. The molecule has 0 bridgehead atoms. The van der Waals surface area contributed by atoms with E-state index < -0.39 is 29.9 Å². The molecule has 1 atom stereocenters. The molecule has 0 aromatic heterocycles. The third-order valence-electron chi connectivity index (χ3n) is 2.38. The number of alkyl halides is 6. The molecule has 1 N–H and O–H groups in total. The van der Waals surface area contributed by atoms with E-state index in [4.69, 9.17) is 0 Å². The van der Waals surface area contributed by atoms with Gasteiger partial charge in [-0.2, -0.15) is 26.3 Å². The van der Waals surface area contributed by atoms with Crippen molar-refractivity contribution in [2.24, 2.45) is 0 Å². The molecule has 0 radical (unpaired) electrons. The molecule has 1 aromatic rings. The van der Waals surface area contributed by atoms with Gasteiger partial charge in [-0.1, -0.05) is 12.1 Å². The first-order valence-electron chi connectivity index (χ1n) is 4.89. The lowest BCUT2D eigenvalue weighted by Gasteiger charge is -2.25. The first-order valence-corrected chi connectivity index (χ1v) is 4.89. The van der Waals surface area contributed by atoms with Crippen LogP contribution in [0.15, 0.2) is 24.3 Å². The second-order valence-electron chi connectivity index (χ2n) is 4.14. The van der Waals surface area contributed by atoms with Crippen molar-refractivity contribution in [2.45, 2.75) is 31.3 Å². The van der Waals surface area contributed by atoms with E-state index in [0.717, 1.165) is 19.1 Å². The van der Waals surface area contributed by atoms with Crippen molar-refractivity contribution < 1.29 is 31.4 Å². The van der Waals surface area contributed by atoms with Crippen LogP contribution in [0.4, 0.5) is 26.3 Å². The van der Waals surface area contributed by atoms with Gasteiger partial charge in [-0.25, -0.2) is 0 Å². The maximum Gasteiger partial charge on any atom is 0.416 e. The molecule has 0 amide bonds. The topological polar surface area (TPSA) is 20.2 Å². The molecular weight excluding hydrogens is 262 g/mol. The summed E-state index contributed by atoms with van der Waals surface area (Å²) in [4.78, 5) is 0. The highest BCUT2D eigenvalue weighted by Gasteiger charge is 2.39. The van der Waals surface area contributed by atoms with Crippen molar-refractivity contribution in [3.05, 3.63) is 35.4 Å². The van der Waals surface area contributed by atoms with Gasteiger partial charge in [0.15, 0.2) is 0 Å². The van der Waals surface area contributed by atoms with Gasteiger partial charge in [0, 0.05) is 0 Å². The van der Waals surface area contributed by atoms with E-state index in [0.29, 0.717) is 12.1 Å². The van der Waals surface area contributed by atoms with E-state index in [2.05, 4.69) is 0 Å². The summed E-state index contributed by atoms with van der Waals surface area (Å²) < 4.78 is 73.2. The molecule has 0 aliphatic carbocycles. The molecule has 102 valence electrons. The minimum Gasteiger partial charge on any atom is -0.385 e. The Morgan fingerprint density at radius 3 is 1.61 bits per heavy atom. The molecule has 0 aliphatic rings. The zero-order chi connectivity index (χ0) is 14.2. The fraction of sp³-hybridized carbons (Fsp3) is 0.455. The van der Waals surface area contributed by atoms with Crippen molar-refractivity contribution in [1.82, 2.24) is 0 Å². The van der Waals surface area contributed by atoms with Gasteiger partial charge in [0.05, 0.1) is 17.6 Å². The molecule has 0 aliphatic heterocycles. The third kappa shape index (κ3) is 3.90. The van der Waals surface area contributed by atoms with Crippen LogP contribution in [0.5, 0.6) is 0 Å². The number of benzene rings is 1. The van der Waals surface area contributed by atoms with Crippen molar-refractivity contribution >= 4 is 0 Å². The highest BCUT2D eigenvalue weighted by molar-refractivity contribution is 5.28. The van der Waals surface area contributed by atoms with Crippen molar-refractivity contribution in [3.63, 3.8) is 0 Å². The maximum absolute atomic E-state index is 12.2. The number of hydrogen-bond donors (Lipinski definition) is 1. The second-order valence-corrected chi connectivity index (χ2v) is 4.14. The van der Waals surface area contributed by atoms with E-state index in [1.54, 1.807) is 0 Å². The van der Waals surface area contributed by atoms with E-state index in [-0.39, 0.29) is 5.56 Å². The highest BCUT2D eigenvalue weighted by atomic mass is 19.4. The summed E-state index contributed by atoms with van der Waals surface area (Å²) in [6.07, 6.45) is -10.7. The van der Waals surface area contributed by atoms with Crippen LogP contribution in [0, 0.1) is 0 Å². The van der Waals surface area contributed by atoms with Gasteiger partial charge in [-0.15, -0.1) is 0 Å². The van der Waals surface area contributed by atoms with Crippen LogP contribution < -0.4 is 0 Å². The van der Waals surface area contributed by atoms with Crippen LogP contribution >= 0.6 is 0 Å². The Morgan fingerprint density at radius 1 is 0.889 bits per heavy atom. The lowest BCUT2D eigenvalue weighted by molar-refractivity contribution is -0.174. The normalized spacial score (nSPS) is 16.4. The SMILES string of the molecule is CC(O)(CC(F)(F)F)c1ccc(C(F)(F)F)cc1. The standard InChI is InChI=1S/C11H10F6O/c1-9(18,6-10(12,13)14)7-2-4-8(5-3-7)11(15,16)17/h2-5,18H,6H2,1H3. The van der Waals surface area contributed by atoms with E-state index in [1.807, 2.05) is 0 Å². The molecule has 18 heavy (non-hydrogen) atoms. The fourth-order valence-corrected chi connectivity index (χ4v) is 1.51. The summed E-state index contributed by atoms with van der Waals surface area (Å²) in [6.45, 7) is 0.906. The predicted molar refractivity (Wildman–Crippen MR) is 51.7 cm³/mol. The predicted octanol–water partition coefficient (Wildman–Crippen LogP) is 3.87. The van der Waals surface area contributed by atoms with Crippen LogP contribution in [0.3, 0.4) is 0 Å². The van der Waals surface area contributed by atoms with Crippen molar-refractivity contribution in [1.29, 1.82) is 0 Å². The monoisotopic (exact) mass is 272 g/mol. The summed E-state index contributed by atoms with van der Waals surface area (Å²) in [5, 5.41) is 9.61. The largest absolute Gasteiger partial charge is 0.416 e. The second kappa shape index (κ2) is 4.46. The summed E-state index contributed by atoms with van der Waals surface area (Å²) >= 11 is 0. The highest BCUT2D eigenvalue weighted by Crippen LogP contribution is 2.36. The van der Waals surface area contributed by atoms with Crippen LogP contribution in [-0.4, -0.2) is 11.3 Å². The van der Waals surface area contributed by atoms with Gasteiger partial charge < -0.3 is 5.11 Å². The quantitative estimate of drug-likeness (QED) is 0.810. The number of halogens is 6. The van der Waals surface area contributed by atoms with Gasteiger partial charge in [-0.05, 0) is 24.6 Å². The number of aliphatic hydroxyl groups is 1. The van der Waals surface area contributed by atoms with Gasteiger partial charge >= 0.3 is 12.4 Å². The molecule has 1 rings (SSSR count). The Bertz CT molecular complexity index is 401.